The van der Waals surface area contributed by atoms with E-state index in [9.17, 15) is 5.11 Å². The Hall–Kier alpha value is -1.93. The topological polar surface area (TPSA) is 71.7 Å². The van der Waals surface area contributed by atoms with Crippen molar-refractivity contribution in [3.63, 3.8) is 0 Å². The first-order valence-corrected chi connectivity index (χ1v) is 4.84. The minimum atomic E-state index is -0.578. The van der Waals surface area contributed by atoms with Crippen molar-refractivity contribution in [2.45, 2.75) is 19.6 Å². The molecule has 0 saturated carbocycles. The molecule has 1 unspecified atom stereocenters. The van der Waals surface area contributed by atoms with Crippen molar-refractivity contribution in [3.8, 4) is 23.3 Å². The summed E-state index contributed by atoms with van der Waals surface area (Å²) in [5.74, 6) is 1.60. The van der Waals surface area contributed by atoms with Crippen LogP contribution in [0.2, 0.25) is 0 Å². The van der Waals surface area contributed by atoms with Gasteiger partial charge in [-0.25, -0.2) is 0 Å². The van der Waals surface area contributed by atoms with E-state index in [2.05, 4.69) is 0 Å². The first kappa shape index (κ1) is 10.6. The quantitative estimate of drug-likeness (QED) is 0.830. The Morgan fingerprint density at radius 3 is 2.81 bits per heavy atom. The molecule has 0 saturated heterocycles. The number of nitrogens with zero attached hydrogens (tertiary/aromatic N) is 1. The Labute approximate surface area is 92.8 Å². The molecule has 1 aromatic carbocycles. The number of hydrogen-bond donors (Lipinski definition) is 1. The Kier molecular flexibility index (Phi) is 2.84. The third-order valence-corrected chi connectivity index (χ3v) is 2.21. The Bertz CT molecular complexity index is 438. The van der Waals surface area contributed by atoms with Gasteiger partial charge in [0.05, 0.1) is 6.61 Å². The fourth-order valence-electron chi connectivity index (χ4n) is 1.42. The van der Waals surface area contributed by atoms with Crippen LogP contribution in [-0.4, -0.2) is 18.0 Å². The molecular weight excluding hydrogens is 210 g/mol. The summed E-state index contributed by atoms with van der Waals surface area (Å²) in [4.78, 5) is 0. The Morgan fingerprint density at radius 2 is 2.19 bits per heavy atom. The molecule has 5 nitrogen and oxygen atoms in total. The van der Waals surface area contributed by atoms with Crippen molar-refractivity contribution in [1.82, 2.24) is 0 Å². The zero-order valence-electron chi connectivity index (χ0n) is 8.77. The van der Waals surface area contributed by atoms with E-state index in [4.69, 9.17) is 19.5 Å². The molecule has 0 spiro atoms. The number of fused-ring (bicyclic) bond motifs is 1. The van der Waals surface area contributed by atoms with Gasteiger partial charge in [0.1, 0.15) is 11.8 Å². The second kappa shape index (κ2) is 4.29. The minimum absolute atomic E-state index is 0.164. The maximum atomic E-state index is 9.18. The van der Waals surface area contributed by atoms with Gasteiger partial charge in [0, 0.05) is 11.6 Å². The molecule has 2 rings (SSSR count). The van der Waals surface area contributed by atoms with E-state index in [-0.39, 0.29) is 13.4 Å². The maximum absolute atomic E-state index is 9.18. The summed E-state index contributed by atoms with van der Waals surface area (Å²) < 4.78 is 15.7. The molecule has 1 atom stereocenters. The Balaban J connectivity index is 2.33. The van der Waals surface area contributed by atoms with Gasteiger partial charge < -0.3 is 19.3 Å². The largest absolute Gasteiger partial charge is 0.475 e. The maximum Gasteiger partial charge on any atom is 0.231 e. The molecule has 0 bridgehead atoms. The van der Waals surface area contributed by atoms with Crippen LogP contribution < -0.4 is 14.2 Å². The fraction of sp³-hybridized carbons (Fsp3) is 0.364. The van der Waals surface area contributed by atoms with Crippen LogP contribution in [0, 0.1) is 11.3 Å². The molecule has 0 aromatic heterocycles. The highest BCUT2D eigenvalue weighted by Gasteiger charge is 2.18. The third kappa shape index (κ3) is 1.88. The lowest BCUT2D eigenvalue weighted by Gasteiger charge is -2.12. The number of aliphatic hydroxyl groups excluding tert-OH is 1. The Morgan fingerprint density at radius 1 is 1.50 bits per heavy atom. The molecule has 84 valence electrons. The van der Waals surface area contributed by atoms with Crippen molar-refractivity contribution in [2.75, 3.05) is 6.79 Å². The summed E-state index contributed by atoms with van der Waals surface area (Å²) in [6.07, 6.45) is -0.578. The number of ether oxygens (including phenoxy) is 3. The van der Waals surface area contributed by atoms with Crippen LogP contribution in [0.25, 0.3) is 0 Å². The molecular formula is C11H11NO4. The molecule has 1 aliphatic rings. The van der Waals surface area contributed by atoms with Crippen molar-refractivity contribution in [2.24, 2.45) is 0 Å². The summed E-state index contributed by atoms with van der Waals surface area (Å²) >= 11 is 0. The number of hydrogen-bond acceptors (Lipinski definition) is 5. The standard InChI is InChI=1S/C11H11NO4/c1-7(4-12)16-9-3-11-10(14-6-15-11)2-8(9)5-13/h2-3,7,13H,5-6H2,1H3. The van der Waals surface area contributed by atoms with Gasteiger partial charge in [0.25, 0.3) is 0 Å². The van der Waals surface area contributed by atoms with Crippen molar-refractivity contribution in [3.05, 3.63) is 17.7 Å². The molecule has 1 N–H and O–H groups in total. The van der Waals surface area contributed by atoms with Crippen molar-refractivity contribution < 1.29 is 19.3 Å². The predicted octanol–water partition coefficient (Wildman–Crippen LogP) is 1.20. The molecule has 0 aliphatic carbocycles. The normalized spacial score (nSPS) is 14.3. The van der Waals surface area contributed by atoms with Gasteiger partial charge in [0.15, 0.2) is 17.6 Å². The summed E-state index contributed by atoms with van der Waals surface area (Å²) in [5.41, 5.74) is 0.575. The number of nitriles is 1. The lowest BCUT2D eigenvalue weighted by atomic mass is 10.2. The smallest absolute Gasteiger partial charge is 0.231 e. The van der Waals surface area contributed by atoms with Crippen LogP contribution in [0.15, 0.2) is 12.1 Å². The van der Waals surface area contributed by atoms with E-state index in [1.54, 1.807) is 19.1 Å². The average molecular weight is 221 g/mol. The van der Waals surface area contributed by atoms with Crippen molar-refractivity contribution in [1.29, 1.82) is 5.26 Å². The summed E-state index contributed by atoms with van der Waals surface area (Å²) in [7, 11) is 0. The summed E-state index contributed by atoms with van der Waals surface area (Å²) in [5, 5.41) is 17.8. The van der Waals surface area contributed by atoms with Gasteiger partial charge in [-0.2, -0.15) is 5.26 Å². The highest BCUT2D eigenvalue weighted by Crippen LogP contribution is 2.38. The highest BCUT2D eigenvalue weighted by atomic mass is 16.7. The summed E-state index contributed by atoms with van der Waals surface area (Å²) in [6, 6.07) is 5.24. The van der Waals surface area contributed by atoms with Gasteiger partial charge in [-0.15, -0.1) is 0 Å². The first-order valence-electron chi connectivity index (χ1n) is 4.84. The second-order valence-electron chi connectivity index (χ2n) is 3.36. The van der Waals surface area contributed by atoms with Crippen LogP contribution in [0.4, 0.5) is 0 Å². The van der Waals surface area contributed by atoms with E-state index < -0.39 is 6.10 Å². The SMILES string of the molecule is CC(C#N)Oc1cc2c(cc1CO)OCO2. The monoisotopic (exact) mass is 221 g/mol. The van der Waals surface area contributed by atoms with E-state index in [0.717, 1.165) is 0 Å². The van der Waals surface area contributed by atoms with E-state index in [0.29, 0.717) is 22.8 Å². The van der Waals surface area contributed by atoms with Gasteiger partial charge in [-0.3, -0.25) is 0 Å². The van der Waals surface area contributed by atoms with E-state index in [1.807, 2.05) is 6.07 Å². The third-order valence-electron chi connectivity index (χ3n) is 2.21. The van der Waals surface area contributed by atoms with Crippen LogP contribution in [0.5, 0.6) is 17.2 Å². The average Bonchev–Trinajstić information content (AvgIpc) is 2.74. The predicted molar refractivity (Wildman–Crippen MR) is 54.2 cm³/mol. The summed E-state index contributed by atoms with van der Waals surface area (Å²) in [6.45, 7) is 1.62. The van der Waals surface area contributed by atoms with Crippen LogP contribution in [0.3, 0.4) is 0 Å². The molecule has 5 heteroatoms. The molecule has 1 heterocycles. The van der Waals surface area contributed by atoms with E-state index in [1.165, 1.54) is 0 Å². The van der Waals surface area contributed by atoms with Gasteiger partial charge in [-0.1, -0.05) is 0 Å². The number of aliphatic hydroxyl groups is 1. The fourth-order valence-corrected chi connectivity index (χ4v) is 1.42. The number of benzene rings is 1. The lowest BCUT2D eigenvalue weighted by molar-refractivity contribution is 0.173. The molecule has 16 heavy (non-hydrogen) atoms. The zero-order chi connectivity index (χ0) is 11.5. The molecule has 0 fully saturated rings. The van der Waals surface area contributed by atoms with Crippen LogP contribution >= 0.6 is 0 Å². The van der Waals surface area contributed by atoms with Gasteiger partial charge in [-0.05, 0) is 13.0 Å². The van der Waals surface area contributed by atoms with Gasteiger partial charge >= 0.3 is 0 Å². The lowest BCUT2D eigenvalue weighted by Crippen LogP contribution is -2.09. The minimum Gasteiger partial charge on any atom is -0.475 e. The molecule has 1 aliphatic heterocycles. The number of rotatable bonds is 3. The molecule has 0 amide bonds. The van der Waals surface area contributed by atoms with E-state index >= 15 is 0 Å². The zero-order valence-corrected chi connectivity index (χ0v) is 8.77. The molecule has 0 radical (unpaired) electrons. The highest BCUT2D eigenvalue weighted by molar-refractivity contribution is 5.51. The van der Waals surface area contributed by atoms with Crippen LogP contribution in [-0.2, 0) is 6.61 Å². The second-order valence-corrected chi connectivity index (χ2v) is 3.36. The van der Waals surface area contributed by atoms with Crippen LogP contribution in [0.1, 0.15) is 12.5 Å². The molecule has 1 aromatic rings. The first-order chi connectivity index (χ1) is 7.74. The van der Waals surface area contributed by atoms with Gasteiger partial charge in [0.2, 0.25) is 6.79 Å². The van der Waals surface area contributed by atoms with Crippen molar-refractivity contribution >= 4 is 0 Å².